The van der Waals surface area contributed by atoms with Crippen molar-refractivity contribution in [2.24, 2.45) is 4.99 Å². The maximum atomic E-state index is 9.91. The normalized spacial score (nSPS) is 15.2. The molecule has 1 aromatic heterocycles. The van der Waals surface area contributed by atoms with E-state index in [1.807, 2.05) is 17.0 Å². The lowest BCUT2D eigenvalue weighted by molar-refractivity contribution is 0.0249. The number of nitrogens with zero attached hydrogens (tertiary/aromatic N) is 5. The summed E-state index contributed by atoms with van der Waals surface area (Å²) in [5, 5.41) is 9.91. The molecule has 2 aromatic rings. The number of hydrogen-bond donors (Lipinski definition) is 1. The summed E-state index contributed by atoms with van der Waals surface area (Å²) in [4.78, 5) is 19.7. The van der Waals surface area contributed by atoms with Crippen molar-refractivity contribution in [3.63, 3.8) is 0 Å². The Bertz CT molecular complexity index is 814. The highest BCUT2D eigenvalue weighted by molar-refractivity contribution is 5.75. The van der Waals surface area contributed by atoms with Crippen molar-refractivity contribution < 1.29 is 14.6 Å². The van der Waals surface area contributed by atoms with Gasteiger partial charge in [-0.1, -0.05) is 29.8 Å². The van der Waals surface area contributed by atoms with E-state index in [2.05, 4.69) is 39.0 Å². The molecule has 0 bridgehead atoms. The lowest BCUT2D eigenvalue weighted by Gasteiger charge is -2.27. The maximum Gasteiger partial charge on any atom is 0.321 e. The van der Waals surface area contributed by atoms with Crippen LogP contribution in [0.5, 0.6) is 6.01 Å². The first-order valence-corrected chi connectivity index (χ1v) is 9.38. The Morgan fingerprint density at radius 1 is 1.25 bits per heavy atom. The topological polar surface area (TPSA) is 93.0 Å². The monoisotopic (exact) mass is 385 g/mol. The molecule has 0 amide bonds. The molecule has 1 N–H and O–H groups in total. The number of aliphatic imine (C=N–C) groups is 1. The van der Waals surface area contributed by atoms with Gasteiger partial charge >= 0.3 is 6.01 Å². The predicted molar refractivity (Wildman–Crippen MR) is 107 cm³/mol. The first-order chi connectivity index (χ1) is 13.4. The maximum absolute atomic E-state index is 9.91. The van der Waals surface area contributed by atoms with Gasteiger partial charge in [-0.25, -0.2) is 0 Å². The van der Waals surface area contributed by atoms with Gasteiger partial charge in [0.2, 0.25) is 5.95 Å². The minimum atomic E-state index is -0.981. The van der Waals surface area contributed by atoms with E-state index < -0.39 is 5.60 Å². The summed E-state index contributed by atoms with van der Waals surface area (Å²) in [5.41, 5.74) is 1.34. The van der Waals surface area contributed by atoms with Crippen LogP contribution in [0.4, 0.5) is 5.95 Å². The van der Waals surface area contributed by atoms with Crippen LogP contribution >= 0.6 is 0 Å². The zero-order valence-electron chi connectivity index (χ0n) is 16.6. The molecule has 1 aliphatic rings. The zero-order chi connectivity index (χ0) is 20.0. The Morgan fingerprint density at radius 3 is 2.75 bits per heavy atom. The SMILES string of the molecule is Cc1cccc(CN=Cc2nc(OCC(C)(C)O)nc(N3CCOCC3)n2)c1. The van der Waals surface area contributed by atoms with E-state index in [1.165, 1.54) is 5.56 Å². The summed E-state index contributed by atoms with van der Waals surface area (Å²) in [5.74, 6) is 0.955. The Kier molecular flexibility index (Phi) is 6.53. The fourth-order valence-corrected chi connectivity index (χ4v) is 2.67. The third-order valence-corrected chi connectivity index (χ3v) is 4.03. The number of rotatable bonds is 7. The molecule has 150 valence electrons. The Labute approximate surface area is 165 Å². The summed E-state index contributed by atoms with van der Waals surface area (Å²) < 4.78 is 11.0. The molecule has 1 aromatic carbocycles. The molecule has 0 unspecified atom stereocenters. The summed E-state index contributed by atoms with van der Waals surface area (Å²) in [6.45, 7) is 8.68. The predicted octanol–water partition coefficient (Wildman–Crippen LogP) is 1.79. The lowest BCUT2D eigenvalue weighted by atomic mass is 10.1. The quantitative estimate of drug-likeness (QED) is 0.726. The van der Waals surface area contributed by atoms with Gasteiger partial charge in [-0.15, -0.1) is 0 Å². The zero-order valence-corrected chi connectivity index (χ0v) is 16.6. The largest absolute Gasteiger partial charge is 0.460 e. The van der Waals surface area contributed by atoms with E-state index in [-0.39, 0.29) is 12.6 Å². The van der Waals surface area contributed by atoms with Gasteiger partial charge in [0.1, 0.15) is 6.61 Å². The van der Waals surface area contributed by atoms with E-state index in [9.17, 15) is 5.11 Å². The molecule has 1 aliphatic heterocycles. The number of benzene rings is 1. The summed E-state index contributed by atoms with van der Waals surface area (Å²) in [6, 6.07) is 8.38. The van der Waals surface area contributed by atoms with Crippen LogP contribution in [0.2, 0.25) is 0 Å². The average Bonchev–Trinajstić information content (AvgIpc) is 2.67. The third-order valence-electron chi connectivity index (χ3n) is 4.03. The van der Waals surface area contributed by atoms with Crippen LogP contribution in [0.3, 0.4) is 0 Å². The highest BCUT2D eigenvalue weighted by atomic mass is 16.5. The number of anilines is 1. The molecular weight excluding hydrogens is 358 g/mol. The standard InChI is InChI=1S/C20H27N5O3/c1-15-5-4-6-16(11-15)12-21-13-17-22-18(25-7-9-27-10-8-25)24-19(23-17)28-14-20(2,3)26/h4-6,11,13,26H,7-10,12,14H2,1-3H3. The third kappa shape index (κ3) is 6.24. The second kappa shape index (κ2) is 9.07. The fourth-order valence-electron chi connectivity index (χ4n) is 2.67. The van der Waals surface area contributed by atoms with E-state index in [0.29, 0.717) is 44.6 Å². The molecule has 1 fully saturated rings. The number of aliphatic hydroxyl groups is 1. The molecule has 3 rings (SSSR count). The first-order valence-electron chi connectivity index (χ1n) is 9.38. The average molecular weight is 385 g/mol. The van der Waals surface area contributed by atoms with E-state index >= 15 is 0 Å². The van der Waals surface area contributed by atoms with Crippen LogP contribution < -0.4 is 9.64 Å². The summed E-state index contributed by atoms with van der Waals surface area (Å²) in [6.07, 6.45) is 1.63. The van der Waals surface area contributed by atoms with Crippen molar-refractivity contribution in [2.75, 3.05) is 37.8 Å². The number of aromatic nitrogens is 3. The molecule has 28 heavy (non-hydrogen) atoms. The Balaban J connectivity index is 1.78. The van der Waals surface area contributed by atoms with E-state index in [1.54, 1.807) is 20.1 Å². The van der Waals surface area contributed by atoms with Gasteiger partial charge in [0.25, 0.3) is 0 Å². The van der Waals surface area contributed by atoms with E-state index in [0.717, 1.165) is 5.56 Å². The minimum Gasteiger partial charge on any atom is -0.460 e. The van der Waals surface area contributed by atoms with E-state index in [4.69, 9.17) is 9.47 Å². The van der Waals surface area contributed by atoms with Gasteiger partial charge in [-0.3, -0.25) is 4.99 Å². The van der Waals surface area contributed by atoms with Crippen molar-refractivity contribution in [1.82, 2.24) is 15.0 Å². The minimum absolute atomic E-state index is 0.0828. The number of ether oxygens (including phenoxy) is 2. The molecule has 8 heteroatoms. The smallest absolute Gasteiger partial charge is 0.321 e. The van der Waals surface area contributed by atoms with Gasteiger partial charge in [-0.05, 0) is 26.3 Å². The fraction of sp³-hybridized carbons (Fsp3) is 0.500. The van der Waals surface area contributed by atoms with Crippen LogP contribution in [0.1, 0.15) is 30.8 Å². The first kappa shape index (κ1) is 20.2. The number of morpholine rings is 1. The van der Waals surface area contributed by atoms with Crippen LogP contribution in [0.15, 0.2) is 29.3 Å². The van der Waals surface area contributed by atoms with Crippen molar-refractivity contribution >= 4 is 12.2 Å². The second-order valence-electron chi connectivity index (χ2n) is 7.44. The Hall–Kier alpha value is -2.58. The molecule has 0 atom stereocenters. The second-order valence-corrected chi connectivity index (χ2v) is 7.44. The number of hydrogen-bond acceptors (Lipinski definition) is 8. The van der Waals surface area contributed by atoms with Crippen molar-refractivity contribution in [3.8, 4) is 6.01 Å². The molecule has 8 nitrogen and oxygen atoms in total. The number of aryl methyl sites for hydroxylation is 1. The van der Waals surface area contributed by atoms with Gasteiger partial charge in [0, 0.05) is 13.1 Å². The molecule has 2 heterocycles. The molecule has 0 spiro atoms. The summed E-state index contributed by atoms with van der Waals surface area (Å²) in [7, 11) is 0. The van der Waals surface area contributed by atoms with Crippen LogP contribution in [0, 0.1) is 6.92 Å². The molecule has 1 saturated heterocycles. The van der Waals surface area contributed by atoms with Crippen LogP contribution in [-0.4, -0.2) is 64.8 Å². The highest BCUT2D eigenvalue weighted by Crippen LogP contribution is 2.15. The van der Waals surface area contributed by atoms with Crippen molar-refractivity contribution in [2.45, 2.75) is 32.9 Å². The highest BCUT2D eigenvalue weighted by Gasteiger charge is 2.19. The molecular formula is C20H27N5O3. The van der Waals surface area contributed by atoms with Gasteiger partial charge < -0.3 is 19.5 Å². The van der Waals surface area contributed by atoms with Gasteiger partial charge in [-0.2, -0.15) is 15.0 Å². The van der Waals surface area contributed by atoms with Gasteiger partial charge in [0.05, 0.1) is 31.6 Å². The lowest BCUT2D eigenvalue weighted by Crippen LogP contribution is -2.37. The van der Waals surface area contributed by atoms with Crippen LogP contribution in [-0.2, 0) is 11.3 Å². The van der Waals surface area contributed by atoms with Crippen LogP contribution in [0.25, 0.3) is 0 Å². The Morgan fingerprint density at radius 2 is 2.04 bits per heavy atom. The molecule has 0 saturated carbocycles. The van der Waals surface area contributed by atoms with Crippen molar-refractivity contribution in [1.29, 1.82) is 0 Å². The molecule has 0 radical (unpaired) electrons. The van der Waals surface area contributed by atoms with Gasteiger partial charge in [0.15, 0.2) is 5.82 Å². The summed E-state index contributed by atoms with van der Waals surface area (Å²) >= 11 is 0. The van der Waals surface area contributed by atoms with Crippen molar-refractivity contribution in [3.05, 3.63) is 41.2 Å². The molecule has 0 aliphatic carbocycles.